The molecule has 114 valence electrons. The van der Waals surface area contributed by atoms with Gasteiger partial charge in [0.05, 0.1) is 12.5 Å². The summed E-state index contributed by atoms with van der Waals surface area (Å²) in [5, 5.41) is 19.0. The number of aliphatic hydroxyl groups is 1. The van der Waals surface area contributed by atoms with Gasteiger partial charge < -0.3 is 14.9 Å². The van der Waals surface area contributed by atoms with Gasteiger partial charge in [0.2, 0.25) is 0 Å². The first-order valence-electron chi connectivity index (χ1n) is 6.33. The first-order valence-corrected chi connectivity index (χ1v) is 6.33. The first kappa shape index (κ1) is 16.8. The van der Waals surface area contributed by atoms with Crippen molar-refractivity contribution in [1.29, 1.82) is 0 Å². The summed E-state index contributed by atoms with van der Waals surface area (Å²) in [6.45, 7) is 3.14. The lowest BCUT2D eigenvalue weighted by molar-refractivity contribution is -0.169. The number of ether oxygens (including phenoxy) is 1. The van der Waals surface area contributed by atoms with Crippen LogP contribution < -0.4 is 0 Å². The predicted molar refractivity (Wildman–Crippen MR) is 73.9 cm³/mol. The topological polar surface area (TPSA) is 83.8 Å². The number of aliphatic carboxylic acids is 1. The fourth-order valence-corrected chi connectivity index (χ4v) is 1.58. The van der Waals surface area contributed by atoms with Gasteiger partial charge in [0.15, 0.2) is 5.60 Å². The molecule has 1 aromatic carbocycles. The molecule has 0 aliphatic rings. The molecule has 0 aromatic heterocycles. The second-order valence-corrected chi connectivity index (χ2v) is 4.80. The second-order valence-electron chi connectivity index (χ2n) is 4.80. The summed E-state index contributed by atoms with van der Waals surface area (Å²) < 4.78 is 18.3. The highest BCUT2D eigenvalue weighted by molar-refractivity contribution is 5.88. The molecule has 1 unspecified atom stereocenters. The lowest BCUT2D eigenvalue weighted by Crippen LogP contribution is -2.41. The Labute approximate surface area is 121 Å². The van der Waals surface area contributed by atoms with Crippen LogP contribution in [-0.4, -0.2) is 33.9 Å². The van der Waals surface area contributed by atoms with Crippen molar-refractivity contribution in [2.75, 3.05) is 0 Å². The van der Waals surface area contributed by atoms with Crippen molar-refractivity contribution in [3.05, 3.63) is 41.7 Å². The Morgan fingerprint density at radius 3 is 2.52 bits per heavy atom. The van der Waals surface area contributed by atoms with Gasteiger partial charge in [-0.15, -0.1) is 0 Å². The Morgan fingerprint density at radius 2 is 2.00 bits per heavy atom. The van der Waals surface area contributed by atoms with E-state index in [0.29, 0.717) is 0 Å². The van der Waals surface area contributed by atoms with Crippen molar-refractivity contribution >= 4 is 18.0 Å². The van der Waals surface area contributed by atoms with Crippen LogP contribution in [0.3, 0.4) is 0 Å². The summed E-state index contributed by atoms with van der Waals surface area (Å²) >= 11 is 0. The van der Waals surface area contributed by atoms with Crippen LogP contribution in [0.1, 0.15) is 25.8 Å². The number of carbonyl (C=O) groups is 2. The molecule has 1 atom stereocenters. The van der Waals surface area contributed by atoms with E-state index in [9.17, 15) is 19.1 Å². The monoisotopic (exact) mass is 296 g/mol. The van der Waals surface area contributed by atoms with Gasteiger partial charge >= 0.3 is 11.9 Å². The minimum atomic E-state index is -2.35. The largest absolute Gasteiger partial charge is 0.481 e. The molecule has 0 spiro atoms. The molecule has 0 heterocycles. The Kier molecular flexibility index (Phi) is 5.60. The summed E-state index contributed by atoms with van der Waals surface area (Å²) in [5.41, 5.74) is -2.23. The third kappa shape index (κ3) is 5.00. The van der Waals surface area contributed by atoms with Crippen LogP contribution in [0.15, 0.2) is 30.3 Å². The average Bonchev–Trinajstić information content (AvgIpc) is 2.36. The van der Waals surface area contributed by atoms with Gasteiger partial charge in [-0.2, -0.15) is 0 Å². The Morgan fingerprint density at radius 1 is 1.38 bits per heavy atom. The lowest BCUT2D eigenvalue weighted by atomic mass is 9.98. The maximum absolute atomic E-state index is 13.5. The molecular weight excluding hydrogens is 279 g/mol. The summed E-state index contributed by atoms with van der Waals surface area (Å²) in [4.78, 5) is 22.6. The number of hydrogen-bond acceptors (Lipinski definition) is 4. The van der Waals surface area contributed by atoms with Crippen LogP contribution in [0.5, 0.6) is 0 Å². The van der Waals surface area contributed by atoms with E-state index in [0.717, 1.165) is 12.2 Å². The zero-order valence-corrected chi connectivity index (χ0v) is 11.7. The number of hydrogen-bond donors (Lipinski definition) is 2. The van der Waals surface area contributed by atoms with Gasteiger partial charge in [-0.05, 0) is 26.0 Å². The van der Waals surface area contributed by atoms with E-state index in [1.54, 1.807) is 19.9 Å². The van der Waals surface area contributed by atoms with Crippen LogP contribution in [0.4, 0.5) is 4.39 Å². The molecule has 0 fully saturated rings. The number of esters is 1. The van der Waals surface area contributed by atoms with Crippen LogP contribution in [0, 0.1) is 5.82 Å². The number of carbonyl (C=O) groups excluding carboxylic acids is 1. The Hall–Kier alpha value is -2.21. The fourth-order valence-electron chi connectivity index (χ4n) is 1.58. The Bertz CT molecular complexity index is 553. The van der Waals surface area contributed by atoms with Gasteiger partial charge in [0.25, 0.3) is 0 Å². The summed E-state index contributed by atoms with van der Waals surface area (Å²) in [6.07, 6.45) is 0.702. The third-order valence-electron chi connectivity index (χ3n) is 2.56. The lowest BCUT2D eigenvalue weighted by Gasteiger charge is -2.22. The normalized spacial score (nSPS) is 14.1. The van der Waals surface area contributed by atoms with E-state index in [1.807, 2.05) is 0 Å². The van der Waals surface area contributed by atoms with Crippen molar-refractivity contribution in [2.24, 2.45) is 0 Å². The highest BCUT2D eigenvalue weighted by atomic mass is 19.1. The number of rotatable bonds is 6. The summed E-state index contributed by atoms with van der Waals surface area (Å²) in [5.74, 6) is -3.02. The minimum Gasteiger partial charge on any atom is -0.481 e. The van der Waals surface area contributed by atoms with Gasteiger partial charge in [-0.1, -0.05) is 24.3 Å². The van der Waals surface area contributed by atoms with Gasteiger partial charge in [0, 0.05) is 5.56 Å². The van der Waals surface area contributed by atoms with Crippen LogP contribution in [0.2, 0.25) is 0 Å². The molecule has 1 aromatic rings. The third-order valence-corrected chi connectivity index (χ3v) is 2.56. The van der Waals surface area contributed by atoms with Crippen molar-refractivity contribution < 1.29 is 28.9 Å². The first-order chi connectivity index (χ1) is 9.74. The Balaban J connectivity index is 3.05. The highest BCUT2D eigenvalue weighted by Gasteiger charge is 2.38. The van der Waals surface area contributed by atoms with E-state index in [4.69, 9.17) is 9.84 Å². The zero-order chi connectivity index (χ0) is 16.0. The minimum absolute atomic E-state index is 0.124. The van der Waals surface area contributed by atoms with E-state index >= 15 is 0 Å². The molecule has 5 nitrogen and oxygen atoms in total. The molecule has 2 N–H and O–H groups in total. The van der Waals surface area contributed by atoms with E-state index in [-0.39, 0.29) is 5.56 Å². The molecule has 0 aliphatic heterocycles. The van der Waals surface area contributed by atoms with E-state index in [1.165, 1.54) is 18.2 Å². The van der Waals surface area contributed by atoms with Gasteiger partial charge in [-0.25, -0.2) is 9.18 Å². The molecule has 0 radical (unpaired) electrons. The van der Waals surface area contributed by atoms with Crippen molar-refractivity contribution in [2.45, 2.75) is 32.0 Å². The van der Waals surface area contributed by atoms with Crippen LogP contribution in [0.25, 0.3) is 6.08 Å². The zero-order valence-electron chi connectivity index (χ0n) is 11.7. The standard InChI is InChI=1S/C15H17FO5/c1-10(2)21-14(19)15(20,9-13(17)18)8-7-11-5-3-4-6-12(11)16/h3-8,10,20H,9H2,1-2H3,(H,17,18)/b8-7+. The smallest absolute Gasteiger partial charge is 0.343 e. The van der Waals surface area contributed by atoms with Crippen LogP contribution in [-0.2, 0) is 14.3 Å². The average molecular weight is 296 g/mol. The van der Waals surface area contributed by atoms with E-state index < -0.39 is 35.9 Å². The van der Waals surface area contributed by atoms with Crippen LogP contribution >= 0.6 is 0 Å². The van der Waals surface area contributed by atoms with Crippen molar-refractivity contribution in [3.8, 4) is 0 Å². The number of carboxylic acids is 1. The number of benzene rings is 1. The van der Waals surface area contributed by atoms with Crippen molar-refractivity contribution in [1.82, 2.24) is 0 Å². The molecular formula is C15H17FO5. The predicted octanol–water partition coefficient (Wildman–Crippen LogP) is 2.00. The van der Waals surface area contributed by atoms with Gasteiger partial charge in [0.1, 0.15) is 5.82 Å². The van der Waals surface area contributed by atoms with E-state index in [2.05, 4.69) is 0 Å². The fraction of sp³-hybridized carbons (Fsp3) is 0.333. The summed E-state index contributed by atoms with van der Waals surface area (Å²) in [7, 11) is 0. The molecule has 0 saturated carbocycles. The SMILES string of the molecule is CC(C)OC(=O)C(O)(/C=C/c1ccccc1F)CC(=O)O. The molecule has 1 rings (SSSR count). The number of halogens is 1. The highest BCUT2D eigenvalue weighted by Crippen LogP contribution is 2.19. The molecule has 6 heteroatoms. The molecule has 0 saturated heterocycles. The van der Waals surface area contributed by atoms with Crippen molar-refractivity contribution in [3.63, 3.8) is 0 Å². The van der Waals surface area contributed by atoms with Gasteiger partial charge in [-0.3, -0.25) is 4.79 Å². The molecule has 0 aliphatic carbocycles. The molecule has 0 amide bonds. The number of carboxylic acid groups (broad SMARTS) is 1. The molecule has 21 heavy (non-hydrogen) atoms. The quantitative estimate of drug-likeness (QED) is 0.784. The second kappa shape index (κ2) is 6.99. The molecule has 0 bridgehead atoms. The maximum Gasteiger partial charge on any atom is 0.343 e. The summed E-state index contributed by atoms with van der Waals surface area (Å²) in [6, 6.07) is 5.71. The maximum atomic E-state index is 13.5.